The molecule has 0 bridgehead atoms. The molecule has 3 N–H and O–H groups in total. The molecule has 0 fully saturated rings. The summed E-state index contributed by atoms with van der Waals surface area (Å²) in [6.07, 6.45) is 0. The number of rotatable bonds is 4. The van der Waals surface area contributed by atoms with Crippen molar-refractivity contribution in [3.8, 4) is 5.75 Å². The molecular formula is C14H13F3N2O. The largest absolute Gasteiger partial charge is 0.497 e. The first kappa shape index (κ1) is 14.4. The molecule has 0 spiro atoms. The van der Waals surface area contributed by atoms with Crippen LogP contribution in [0, 0.1) is 17.5 Å². The van der Waals surface area contributed by atoms with E-state index in [1.54, 1.807) is 0 Å². The zero-order valence-electron chi connectivity index (χ0n) is 10.7. The van der Waals surface area contributed by atoms with E-state index in [4.69, 9.17) is 10.6 Å². The number of halogens is 3. The minimum atomic E-state index is -1.14. The molecule has 0 amide bonds. The molecule has 0 radical (unpaired) electrons. The lowest BCUT2D eigenvalue weighted by atomic mass is 9.97. The van der Waals surface area contributed by atoms with Crippen LogP contribution in [-0.4, -0.2) is 7.11 Å². The number of nitrogens with one attached hydrogen (secondary N) is 1. The minimum absolute atomic E-state index is 0.0253. The fourth-order valence-electron chi connectivity index (χ4n) is 1.98. The lowest BCUT2D eigenvalue weighted by molar-refractivity contribution is 0.409. The molecule has 0 saturated carbocycles. The highest BCUT2D eigenvalue weighted by atomic mass is 19.1. The van der Waals surface area contributed by atoms with Crippen LogP contribution in [0.3, 0.4) is 0 Å². The van der Waals surface area contributed by atoms with Crippen molar-refractivity contribution in [2.24, 2.45) is 5.84 Å². The standard InChI is InChI=1S/C14H13F3N2O/c1-20-8-5-6-9(12(17)7-8)14(19-18)13-10(15)3-2-4-11(13)16/h2-7,14,19H,18H2,1H3. The smallest absolute Gasteiger partial charge is 0.132 e. The fraction of sp³-hybridized carbons (Fsp3) is 0.143. The third-order valence-corrected chi connectivity index (χ3v) is 2.97. The first-order valence-electron chi connectivity index (χ1n) is 5.82. The van der Waals surface area contributed by atoms with Crippen molar-refractivity contribution < 1.29 is 17.9 Å². The van der Waals surface area contributed by atoms with Gasteiger partial charge in [-0.3, -0.25) is 5.84 Å². The second-order valence-electron chi connectivity index (χ2n) is 4.12. The van der Waals surface area contributed by atoms with Gasteiger partial charge in [0, 0.05) is 17.2 Å². The molecule has 20 heavy (non-hydrogen) atoms. The van der Waals surface area contributed by atoms with Crippen molar-refractivity contribution >= 4 is 0 Å². The molecule has 0 aliphatic carbocycles. The Morgan fingerprint density at radius 2 is 1.70 bits per heavy atom. The monoisotopic (exact) mass is 282 g/mol. The Morgan fingerprint density at radius 1 is 1.05 bits per heavy atom. The highest BCUT2D eigenvalue weighted by molar-refractivity contribution is 5.37. The summed E-state index contributed by atoms with van der Waals surface area (Å²) in [6.45, 7) is 0. The molecule has 6 heteroatoms. The van der Waals surface area contributed by atoms with Crippen molar-refractivity contribution in [3.05, 3.63) is 65.0 Å². The molecular weight excluding hydrogens is 269 g/mol. The van der Waals surface area contributed by atoms with Gasteiger partial charge in [-0.15, -0.1) is 0 Å². The van der Waals surface area contributed by atoms with Crippen LogP contribution in [-0.2, 0) is 0 Å². The summed E-state index contributed by atoms with van der Waals surface area (Å²) in [4.78, 5) is 0. The van der Waals surface area contributed by atoms with Crippen molar-refractivity contribution in [1.29, 1.82) is 0 Å². The number of ether oxygens (including phenoxy) is 1. The number of methoxy groups -OCH3 is 1. The van der Waals surface area contributed by atoms with Crippen LogP contribution in [0.4, 0.5) is 13.2 Å². The van der Waals surface area contributed by atoms with E-state index in [0.717, 1.165) is 18.2 Å². The van der Waals surface area contributed by atoms with E-state index in [1.165, 1.54) is 25.3 Å². The molecule has 0 aliphatic heterocycles. The minimum Gasteiger partial charge on any atom is -0.497 e. The van der Waals surface area contributed by atoms with Crippen molar-refractivity contribution in [2.45, 2.75) is 6.04 Å². The number of benzene rings is 2. The first-order valence-corrected chi connectivity index (χ1v) is 5.82. The number of hydrogen-bond acceptors (Lipinski definition) is 3. The van der Waals surface area contributed by atoms with Gasteiger partial charge in [0.2, 0.25) is 0 Å². The van der Waals surface area contributed by atoms with E-state index in [-0.39, 0.29) is 11.1 Å². The SMILES string of the molecule is COc1ccc(C(NN)c2c(F)cccc2F)c(F)c1. The van der Waals surface area contributed by atoms with Gasteiger partial charge in [0.1, 0.15) is 23.2 Å². The van der Waals surface area contributed by atoms with Gasteiger partial charge in [-0.05, 0) is 18.2 Å². The summed E-state index contributed by atoms with van der Waals surface area (Å²) in [5.74, 6) is 3.36. The quantitative estimate of drug-likeness (QED) is 0.669. The van der Waals surface area contributed by atoms with E-state index in [2.05, 4.69) is 5.43 Å². The van der Waals surface area contributed by atoms with Gasteiger partial charge in [0.25, 0.3) is 0 Å². The van der Waals surface area contributed by atoms with Gasteiger partial charge in [-0.25, -0.2) is 18.6 Å². The molecule has 2 aromatic carbocycles. The molecule has 0 aromatic heterocycles. The molecule has 2 rings (SSSR count). The molecule has 0 saturated heterocycles. The Kier molecular flexibility index (Phi) is 4.26. The van der Waals surface area contributed by atoms with E-state index < -0.39 is 23.5 Å². The van der Waals surface area contributed by atoms with Gasteiger partial charge in [-0.2, -0.15) is 0 Å². The van der Waals surface area contributed by atoms with E-state index in [1.807, 2.05) is 0 Å². The normalized spacial score (nSPS) is 12.2. The van der Waals surface area contributed by atoms with Crippen molar-refractivity contribution in [2.75, 3.05) is 7.11 Å². The van der Waals surface area contributed by atoms with Crippen LogP contribution in [0.5, 0.6) is 5.75 Å². The second-order valence-corrected chi connectivity index (χ2v) is 4.12. The summed E-state index contributed by atoms with van der Waals surface area (Å²) < 4.78 is 46.4. The molecule has 0 aliphatic rings. The van der Waals surface area contributed by atoms with Gasteiger partial charge < -0.3 is 4.74 Å². The summed E-state index contributed by atoms with van der Waals surface area (Å²) in [7, 11) is 1.39. The number of nitrogens with two attached hydrogens (primary N) is 1. The van der Waals surface area contributed by atoms with Crippen LogP contribution < -0.4 is 16.0 Å². The Hall–Kier alpha value is -2.05. The highest BCUT2D eigenvalue weighted by Gasteiger charge is 2.23. The van der Waals surface area contributed by atoms with E-state index in [0.29, 0.717) is 5.75 Å². The summed E-state index contributed by atoms with van der Waals surface area (Å²) in [5, 5.41) is 0. The zero-order chi connectivity index (χ0) is 14.7. The van der Waals surface area contributed by atoms with E-state index in [9.17, 15) is 13.2 Å². The molecule has 3 nitrogen and oxygen atoms in total. The van der Waals surface area contributed by atoms with Crippen LogP contribution >= 0.6 is 0 Å². The molecule has 2 aromatic rings. The van der Waals surface area contributed by atoms with Crippen molar-refractivity contribution in [3.63, 3.8) is 0 Å². The average Bonchev–Trinajstić information content (AvgIpc) is 2.43. The van der Waals surface area contributed by atoms with Crippen molar-refractivity contribution in [1.82, 2.24) is 5.43 Å². The van der Waals surface area contributed by atoms with Crippen LogP contribution in [0.15, 0.2) is 36.4 Å². The van der Waals surface area contributed by atoms with Crippen LogP contribution in [0.1, 0.15) is 17.2 Å². The van der Waals surface area contributed by atoms with Gasteiger partial charge in [0.15, 0.2) is 0 Å². The fourth-order valence-corrected chi connectivity index (χ4v) is 1.98. The maximum atomic E-state index is 14.0. The third-order valence-electron chi connectivity index (χ3n) is 2.97. The molecule has 0 heterocycles. The Labute approximate surface area is 114 Å². The van der Waals surface area contributed by atoms with Crippen LogP contribution in [0.25, 0.3) is 0 Å². The van der Waals surface area contributed by atoms with Gasteiger partial charge in [-0.1, -0.05) is 12.1 Å². The van der Waals surface area contributed by atoms with Gasteiger partial charge in [0.05, 0.1) is 13.2 Å². The predicted octanol–water partition coefficient (Wildman–Crippen LogP) is 2.67. The maximum Gasteiger partial charge on any atom is 0.132 e. The molecule has 1 unspecified atom stereocenters. The predicted molar refractivity (Wildman–Crippen MR) is 68.5 cm³/mol. The number of hydrazine groups is 1. The molecule has 106 valence electrons. The highest BCUT2D eigenvalue weighted by Crippen LogP contribution is 2.29. The Bertz CT molecular complexity index is 599. The Balaban J connectivity index is 2.53. The van der Waals surface area contributed by atoms with Gasteiger partial charge >= 0.3 is 0 Å². The van der Waals surface area contributed by atoms with Crippen LogP contribution in [0.2, 0.25) is 0 Å². The summed E-state index contributed by atoms with van der Waals surface area (Å²) in [6, 6.07) is 6.24. The topological polar surface area (TPSA) is 47.3 Å². The first-order chi connectivity index (χ1) is 9.58. The molecule has 1 atom stereocenters. The zero-order valence-corrected chi connectivity index (χ0v) is 10.7. The maximum absolute atomic E-state index is 14.0. The summed E-state index contributed by atoms with van der Waals surface area (Å²) in [5.41, 5.74) is 1.92. The Morgan fingerprint density at radius 3 is 2.20 bits per heavy atom. The van der Waals surface area contributed by atoms with E-state index >= 15 is 0 Å². The lowest BCUT2D eigenvalue weighted by Crippen LogP contribution is -2.31. The number of hydrogen-bond donors (Lipinski definition) is 2. The summed E-state index contributed by atoms with van der Waals surface area (Å²) >= 11 is 0. The third kappa shape index (κ3) is 2.61. The lowest BCUT2D eigenvalue weighted by Gasteiger charge is -2.19. The second kappa shape index (κ2) is 5.94. The average molecular weight is 282 g/mol.